The molecule has 31 heavy (non-hydrogen) atoms. The Balaban J connectivity index is 0.00000272. The first-order valence-electron chi connectivity index (χ1n) is 10.4. The number of aromatic nitrogens is 3. The summed E-state index contributed by atoms with van der Waals surface area (Å²) in [4.78, 5) is 8.26. The van der Waals surface area contributed by atoms with Crippen molar-refractivity contribution >= 4 is 46.9 Å². The van der Waals surface area contributed by atoms with Gasteiger partial charge in [0.05, 0.1) is 19.3 Å². The van der Waals surface area contributed by atoms with Crippen molar-refractivity contribution in [3.63, 3.8) is 0 Å². The number of nitrogens with zero attached hydrogens (tertiary/aromatic N) is 5. The van der Waals surface area contributed by atoms with Gasteiger partial charge < -0.3 is 15.4 Å². The number of aryl methyl sites for hydroxylation is 1. The molecule has 1 atom stereocenters. The number of pyridine rings is 1. The maximum atomic E-state index is 5.53. The van der Waals surface area contributed by atoms with E-state index in [2.05, 4.69) is 48.2 Å². The van der Waals surface area contributed by atoms with E-state index < -0.39 is 0 Å². The normalized spacial score (nSPS) is 16.1. The Kier molecular flexibility index (Phi) is 9.50. The molecule has 10 heteroatoms. The Bertz CT molecular complexity index is 940. The van der Waals surface area contributed by atoms with Crippen molar-refractivity contribution in [1.29, 1.82) is 0 Å². The van der Waals surface area contributed by atoms with Crippen LogP contribution in [0.1, 0.15) is 23.2 Å². The van der Waals surface area contributed by atoms with Gasteiger partial charge in [-0.25, -0.2) is 0 Å². The zero-order chi connectivity index (χ0) is 20.6. The van der Waals surface area contributed by atoms with Crippen LogP contribution in [-0.2, 0) is 11.2 Å². The third-order valence-corrected chi connectivity index (χ3v) is 6.27. The fourth-order valence-corrected chi connectivity index (χ4v) is 4.57. The van der Waals surface area contributed by atoms with E-state index in [1.54, 1.807) is 11.3 Å². The zero-order valence-corrected chi connectivity index (χ0v) is 20.9. The largest absolute Gasteiger partial charge is 0.379 e. The maximum absolute atomic E-state index is 5.53. The van der Waals surface area contributed by atoms with Gasteiger partial charge in [-0.3, -0.25) is 14.3 Å². The number of halogens is 1. The number of morpholine rings is 1. The summed E-state index contributed by atoms with van der Waals surface area (Å²) in [5.41, 5.74) is 0.890. The molecule has 1 unspecified atom stereocenters. The van der Waals surface area contributed by atoms with E-state index in [9.17, 15) is 0 Å². The van der Waals surface area contributed by atoms with Crippen LogP contribution in [0.15, 0.2) is 46.9 Å². The number of nitrogens with one attached hydrogen (secondary N) is 2. The number of hydrogen-bond donors (Lipinski definition) is 2. The lowest BCUT2D eigenvalue weighted by atomic mass is 10.2. The highest BCUT2D eigenvalue weighted by Crippen LogP contribution is 2.25. The SMILES string of the molecule is CN=C(NCCCc1nnc2ccccn12)NCC(c1cccs1)N1CCOCC1.I. The molecule has 0 aliphatic carbocycles. The summed E-state index contributed by atoms with van der Waals surface area (Å²) in [5.74, 6) is 1.82. The minimum Gasteiger partial charge on any atom is -0.379 e. The maximum Gasteiger partial charge on any atom is 0.191 e. The predicted octanol–water partition coefficient (Wildman–Crippen LogP) is 2.58. The first-order chi connectivity index (χ1) is 14.8. The molecular formula is C21H30IN7OS. The van der Waals surface area contributed by atoms with Crippen LogP contribution in [-0.4, -0.2) is 71.9 Å². The number of thiophene rings is 1. The quantitative estimate of drug-likeness (QED) is 0.193. The molecule has 0 amide bonds. The summed E-state index contributed by atoms with van der Waals surface area (Å²) in [6.45, 7) is 5.15. The molecular weight excluding hydrogens is 525 g/mol. The van der Waals surface area contributed by atoms with Gasteiger partial charge in [0, 0.05) is 50.7 Å². The minimum atomic E-state index is 0. The molecule has 4 rings (SSSR count). The average Bonchev–Trinajstić information content (AvgIpc) is 3.47. The van der Waals surface area contributed by atoms with Gasteiger partial charge in [-0.2, -0.15) is 0 Å². The lowest BCUT2D eigenvalue weighted by molar-refractivity contribution is 0.0177. The topological polar surface area (TPSA) is 79.1 Å². The Labute approximate surface area is 204 Å². The monoisotopic (exact) mass is 555 g/mol. The van der Waals surface area contributed by atoms with E-state index >= 15 is 0 Å². The first kappa shape index (κ1) is 23.9. The Morgan fingerprint density at radius 3 is 2.84 bits per heavy atom. The van der Waals surface area contributed by atoms with Crippen molar-refractivity contribution in [2.24, 2.45) is 4.99 Å². The van der Waals surface area contributed by atoms with E-state index in [4.69, 9.17) is 4.74 Å². The Hall–Kier alpha value is -1.76. The van der Waals surface area contributed by atoms with Crippen LogP contribution in [0.5, 0.6) is 0 Å². The third kappa shape index (κ3) is 6.37. The summed E-state index contributed by atoms with van der Waals surface area (Å²) in [6, 6.07) is 10.6. The summed E-state index contributed by atoms with van der Waals surface area (Å²) < 4.78 is 7.57. The molecule has 0 aromatic carbocycles. The minimum absolute atomic E-state index is 0. The summed E-state index contributed by atoms with van der Waals surface area (Å²) in [7, 11) is 1.82. The predicted molar refractivity (Wildman–Crippen MR) is 136 cm³/mol. The van der Waals surface area contributed by atoms with Gasteiger partial charge in [0.1, 0.15) is 5.82 Å². The van der Waals surface area contributed by atoms with Gasteiger partial charge in [-0.15, -0.1) is 45.5 Å². The first-order valence-corrected chi connectivity index (χ1v) is 11.3. The van der Waals surface area contributed by atoms with Crippen LogP contribution < -0.4 is 10.6 Å². The van der Waals surface area contributed by atoms with Crippen molar-refractivity contribution in [2.45, 2.75) is 18.9 Å². The number of guanidine groups is 1. The summed E-state index contributed by atoms with van der Waals surface area (Å²) in [6.07, 6.45) is 3.82. The molecule has 0 bridgehead atoms. The van der Waals surface area contributed by atoms with Crippen LogP contribution in [0.3, 0.4) is 0 Å². The van der Waals surface area contributed by atoms with Crippen LogP contribution in [0.25, 0.3) is 5.65 Å². The molecule has 168 valence electrons. The van der Waals surface area contributed by atoms with Crippen molar-refractivity contribution in [1.82, 2.24) is 30.1 Å². The molecule has 3 aromatic rings. The third-order valence-electron chi connectivity index (χ3n) is 5.30. The smallest absolute Gasteiger partial charge is 0.191 e. The number of hydrogen-bond acceptors (Lipinski definition) is 6. The van der Waals surface area contributed by atoms with Crippen molar-refractivity contribution in [2.75, 3.05) is 46.4 Å². The van der Waals surface area contributed by atoms with Crippen molar-refractivity contribution in [3.05, 3.63) is 52.6 Å². The molecule has 1 aliphatic rings. The molecule has 1 saturated heterocycles. The van der Waals surface area contributed by atoms with E-state index in [0.717, 1.165) is 69.7 Å². The van der Waals surface area contributed by atoms with E-state index in [1.165, 1.54) is 4.88 Å². The number of ether oxygens (including phenoxy) is 1. The lowest BCUT2D eigenvalue weighted by Crippen LogP contribution is -2.46. The average molecular weight is 555 g/mol. The molecule has 3 aromatic heterocycles. The summed E-state index contributed by atoms with van der Waals surface area (Å²) >= 11 is 1.81. The number of aliphatic imine (C=N–C) groups is 1. The lowest BCUT2D eigenvalue weighted by Gasteiger charge is -2.34. The van der Waals surface area contributed by atoms with Crippen LogP contribution in [0.4, 0.5) is 0 Å². The molecule has 8 nitrogen and oxygen atoms in total. The van der Waals surface area contributed by atoms with Gasteiger partial charge in [-0.1, -0.05) is 12.1 Å². The molecule has 1 fully saturated rings. The van der Waals surface area contributed by atoms with Gasteiger partial charge in [0.2, 0.25) is 0 Å². The number of rotatable bonds is 8. The molecule has 0 spiro atoms. The van der Waals surface area contributed by atoms with Gasteiger partial charge >= 0.3 is 0 Å². The second kappa shape index (κ2) is 12.3. The van der Waals surface area contributed by atoms with Crippen LogP contribution in [0, 0.1) is 0 Å². The van der Waals surface area contributed by atoms with Gasteiger partial charge in [-0.05, 0) is 30.0 Å². The zero-order valence-electron chi connectivity index (χ0n) is 17.7. The Morgan fingerprint density at radius 2 is 2.06 bits per heavy atom. The molecule has 2 N–H and O–H groups in total. The number of fused-ring (bicyclic) bond motifs is 1. The molecule has 0 radical (unpaired) electrons. The molecule has 0 saturated carbocycles. The van der Waals surface area contributed by atoms with E-state index in [0.29, 0.717) is 6.04 Å². The second-order valence-electron chi connectivity index (χ2n) is 7.21. The molecule has 1 aliphatic heterocycles. The standard InChI is InChI=1S/C21H29N7OS.HI/c1-22-21(23-9-4-8-20-26-25-19-7-2-3-10-28(19)20)24-16-17(18-6-5-15-30-18)27-11-13-29-14-12-27;/h2-3,5-7,10,15,17H,4,8-9,11-14,16H2,1H3,(H2,22,23,24);1H. The van der Waals surface area contributed by atoms with E-state index in [-0.39, 0.29) is 24.0 Å². The second-order valence-corrected chi connectivity index (χ2v) is 8.19. The highest BCUT2D eigenvalue weighted by atomic mass is 127. The summed E-state index contributed by atoms with van der Waals surface area (Å²) in [5, 5.41) is 17.6. The Morgan fingerprint density at radius 1 is 1.19 bits per heavy atom. The van der Waals surface area contributed by atoms with Crippen LogP contribution in [0.2, 0.25) is 0 Å². The van der Waals surface area contributed by atoms with Gasteiger partial charge in [0.25, 0.3) is 0 Å². The van der Waals surface area contributed by atoms with Crippen molar-refractivity contribution < 1.29 is 4.74 Å². The molecule has 4 heterocycles. The highest BCUT2D eigenvalue weighted by molar-refractivity contribution is 14.0. The van der Waals surface area contributed by atoms with Crippen LogP contribution >= 0.6 is 35.3 Å². The fourth-order valence-electron chi connectivity index (χ4n) is 3.71. The fraction of sp³-hybridized carbons (Fsp3) is 0.476. The van der Waals surface area contributed by atoms with Crippen molar-refractivity contribution in [3.8, 4) is 0 Å². The highest BCUT2D eigenvalue weighted by Gasteiger charge is 2.23. The van der Waals surface area contributed by atoms with Gasteiger partial charge in [0.15, 0.2) is 11.6 Å². The van der Waals surface area contributed by atoms with E-state index in [1.807, 2.05) is 35.8 Å².